The smallest absolute Gasteiger partial charge is 0.201 e. The van der Waals surface area contributed by atoms with Crippen LogP contribution < -0.4 is 10.2 Å². The topological polar surface area (TPSA) is 28.4 Å². The second-order valence-electron chi connectivity index (χ2n) is 10.7. The Morgan fingerprint density at radius 2 is 1.14 bits per heavy atom. The molecule has 3 nitrogen and oxygen atoms in total. The van der Waals surface area contributed by atoms with Crippen molar-refractivity contribution < 1.29 is 4.42 Å². The fraction of sp³-hybridized carbons (Fsp3) is 0.0256. The molecule has 1 N–H and O–H groups in total. The normalized spacial score (nSPS) is 12.3. The first-order valence-corrected chi connectivity index (χ1v) is 14.3. The molecule has 3 heteroatoms. The number of benzene rings is 6. The van der Waals surface area contributed by atoms with E-state index in [4.69, 9.17) is 4.42 Å². The molecule has 0 amide bonds. The van der Waals surface area contributed by atoms with Gasteiger partial charge in [-0.15, -0.1) is 0 Å². The van der Waals surface area contributed by atoms with E-state index in [-0.39, 0.29) is 0 Å². The van der Waals surface area contributed by atoms with Crippen LogP contribution in [0.1, 0.15) is 5.56 Å². The highest BCUT2D eigenvalue weighted by atomic mass is 16.3. The number of hydrogen-bond acceptors (Lipinski definition) is 3. The van der Waals surface area contributed by atoms with E-state index >= 15 is 0 Å². The number of hydrogen-bond donors (Lipinski definition) is 1. The van der Waals surface area contributed by atoms with Crippen LogP contribution in [0.5, 0.6) is 0 Å². The molecule has 0 aliphatic carbocycles. The molecule has 7 aromatic rings. The van der Waals surface area contributed by atoms with Crippen LogP contribution in [-0.2, 0) is 0 Å². The molecule has 0 radical (unpaired) electrons. The molecule has 0 fully saturated rings. The van der Waals surface area contributed by atoms with E-state index in [1.807, 2.05) is 0 Å². The molecule has 0 saturated carbocycles. The summed E-state index contributed by atoms with van der Waals surface area (Å²) in [6, 6.07) is 49.8. The van der Waals surface area contributed by atoms with E-state index in [0.29, 0.717) is 0 Å². The first-order chi connectivity index (χ1) is 20.8. The zero-order chi connectivity index (χ0) is 27.9. The van der Waals surface area contributed by atoms with Crippen LogP contribution in [-0.4, -0.2) is 6.54 Å². The van der Waals surface area contributed by atoms with Crippen molar-refractivity contribution in [1.29, 1.82) is 0 Å². The highest BCUT2D eigenvalue weighted by Gasteiger charge is 2.18. The van der Waals surface area contributed by atoms with E-state index in [1.54, 1.807) is 0 Å². The molecule has 1 aliphatic heterocycles. The van der Waals surface area contributed by atoms with Crippen molar-refractivity contribution in [3.63, 3.8) is 0 Å². The summed E-state index contributed by atoms with van der Waals surface area (Å²) in [7, 11) is 0. The van der Waals surface area contributed by atoms with Crippen LogP contribution in [0.25, 0.3) is 50.1 Å². The molecular weight excluding hydrogens is 512 g/mol. The zero-order valence-electron chi connectivity index (χ0n) is 23.0. The van der Waals surface area contributed by atoms with Crippen molar-refractivity contribution in [3.05, 3.63) is 151 Å². The van der Waals surface area contributed by atoms with E-state index in [1.165, 1.54) is 33.0 Å². The second kappa shape index (κ2) is 10.1. The van der Waals surface area contributed by atoms with Gasteiger partial charge in [-0.05, 0) is 81.6 Å². The van der Waals surface area contributed by atoms with Gasteiger partial charge in [0.25, 0.3) is 0 Å². The third kappa shape index (κ3) is 4.32. The van der Waals surface area contributed by atoms with Gasteiger partial charge in [-0.25, -0.2) is 0 Å². The van der Waals surface area contributed by atoms with E-state index in [9.17, 15) is 0 Å². The molecule has 0 unspecified atom stereocenters. The summed E-state index contributed by atoms with van der Waals surface area (Å²) in [5.41, 5.74) is 10.1. The fourth-order valence-corrected chi connectivity index (χ4v) is 5.92. The predicted molar refractivity (Wildman–Crippen MR) is 177 cm³/mol. The van der Waals surface area contributed by atoms with Crippen LogP contribution in [0.3, 0.4) is 0 Å². The van der Waals surface area contributed by atoms with Crippen LogP contribution >= 0.6 is 0 Å². The van der Waals surface area contributed by atoms with Gasteiger partial charge in [-0.2, -0.15) is 0 Å². The lowest BCUT2D eigenvalue weighted by molar-refractivity contribution is 0.628. The Morgan fingerprint density at radius 3 is 1.90 bits per heavy atom. The largest absolute Gasteiger partial charge is 0.440 e. The van der Waals surface area contributed by atoms with Gasteiger partial charge < -0.3 is 14.6 Å². The van der Waals surface area contributed by atoms with Crippen molar-refractivity contribution in [2.24, 2.45) is 0 Å². The van der Waals surface area contributed by atoms with Gasteiger partial charge in [-0.1, -0.05) is 103 Å². The minimum Gasteiger partial charge on any atom is -0.440 e. The summed E-state index contributed by atoms with van der Waals surface area (Å²) in [5, 5.41) is 6.96. The highest BCUT2D eigenvalue weighted by molar-refractivity contribution is 5.97. The van der Waals surface area contributed by atoms with Gasteiger partial charge in [0, 0.05) is 34.6 Å². The van der Waals surface area contributed by atoms with Gasteiger partial charge in [0.15, 0.2) is 0 Å². The molecule has 42 heavy (non-hydrogen) atoms. The van der Waals surface area contributed by atoms with Gasteiger partial charge in [0.1, 0.15) is 5.58 Å². The van der Waals surface area contributed by atoms with Crippen LogP contribution in [0.2, 0.25) is 0 Å². The van der Waals surface area contributed by atoms with Crippen molar-refractivity contribution in [1.82, 2.24) is 0 Å². The number of anilines is 4. The molecule has 0 atom stereocenters. The molecule has 1 aliphatic rings. The number of nitrogens with zero attached hydrogens (tertiary/aromatic N) is 1. The Bertz CT molecular complexity index is 2070. The summed E-state index contributed by atoms with van der Waals surface area (Å²) >= 11 is 0. The zero-order valence-corrected chi connectivity index (χ0v) is 23.0. The Balaban J connectivity index is 1.22. The second-order valence-corrected chi connectivity index (χ2v) is 10.7. The Labute approximate surface area is 245 Å². The molecule has 0 bridgehead atoms. The van der Waals surface area contributed by atoms with Gasteiger partial charge in [-0.3, -0.25) is 0 Å². The standard InChI is InChI=1S/C39H28N2O/c1-2-7-27(8-3-1)29-14-18-33(19-15-29)41(35-22-23-38-37(26-35)36-11-6-24-40-39(36)42-38)34-20-16-30(17-21-34)32-13-12-28-9-4-5-10-31(28)25-32/h1-23,25-26,40H,24H2. The minimum absolute atomic E-state index is 0.781. The molecule has 0 spiro atoms. The third-order valence-corrected chi connectivity index (χ3v) is 8.07. The first kappa shape index (κ1) is 24.3. The van der Waals surface area contributed by atoms with Crippen molar-refractivity contribution >= 4 is 50.8 Å². The number of nitrogens with one attached hydrogen (secondary N) is 1. The number of fused-ring (bicyclic) bond motifs is 4. The lowest BCUT2D eigenvalue weighted by Crippen LogP contribution is -2.09. The van der Waals surface area contributed by atoms with Gasteiger partial charge >= 0.3 is 0 Å². The number of furan rings is 1. The third-order valence-electron chi connectivity index (χ3n) is 8.07. The summed E-state index contributed by atoms with van der Waals surface area (Å²) in [6.07, 6.45) is 4.29. The molecule has 200 valence electrons. The lowest BCUT2D eigenvalue weighted by Gasteiger charge is -2.26. The maximum Gasteiger partial charge on any atom is 0.201 e. The maximum absolute atomic E-state index is 6.12. The molecule has 0 saturated heterocycles. The minimum atomic E-state index is 0.781. The van der Waals surface area contributed by atoms with Crippen LogP contribution in [0.15, 0.2) is 150 Å². The lowest BCUT2D eigenvalue weighted by atomic mass is 10.0. The molecule has 1 aromatic heterocycles. The summed E-state index contributed by atoms with van der Waals surface area (Å²) in [4.78, 5) is 2.32. The predicted octanol–water partition coefficient (Wildman–Crippen LogP) is 10.8. The Kier molecular flexibility index (Phi) is 5.86. The Hall–Kier alpha value is -5.54. The van der Waals surface area contributed by atoms with Crippen molar-refractivity contribution in [2.75, 3.05) is 16.8 Å². The summed E-state index contributed by atoms with van der Waals surface area (Å²) in [6.45, 7) is 0.781. The van der Waals surface area contributed by atoms with Crippen molar-refractivity contribution in [3.8, 4) is 22.3 Å². The van der Waals surface area contributed by atoms with E-state index in [0.717, 1.165) is 46.0 Å². The maximum atomic E-state index is 6.12. The average Bonchev–Trinajstić information content (AvgIpc) is 3.44. The van der Waals surface area contributed by atoms with E-state index < -0.39 is 0 Å². The van der Waals surface area contributed by atoms with Crippen LogP contribution in [0.4, 0.5) is 22.9 Å². The number of rotatable bonds is 5. The Morgan fingerprint density at radius 1 is 0.524 bits per heavy atom. The average molecular weight is 541 g/mol. The van der Waals surface area contributed by atoms with Crippen LogP contribution in [0, 0.1) is 0 Å². The summed E-state index contributed by atoms with van der Waals surface area (Å²) in [5.74, 6) is 0.836. The SMILES string of the molecule is C1=Cc2c(oc3ccc(N(c4ccc(-c5ccccc5)cc4)c4ccc(-c5ccc6ccccc6c5)cc4)cc23)NC1. The van der Waals surface area contributed by atoms with E-state index in [2.05, 4.69) is 162 Å². The molecule has 8 rings (SSSR count). The van der Waals surface area contributed by atoms with Gasteiger partial charge in [0.05, 0.1) is 0 Å². The quantitative estimate of drug-likeness (QED) is 0.235. The monoisotopic (exact) mass is 540 g/mol. The van der Waals surface area contributed by atoms with Gasteiger partial charge in [0.2, 0.25) is 5.88 Å². The first-order valence-electron chi connectivity index (χ1n) is 14.3. The molecule has 6 aromatic carbocycles. The fourth-order valence-electron chi connectivity index (χ4n) is 5.92. The highest BCUT2D eigenvalue weighted by Crippen LogP contribution is 2.41. The van der Waals surface area contributed by atoms with Crippen molar-refractivity contribution in [2.45, 2.75) is 0 Å². The molecule has 2 heterocycles. The molecular formula is C39H28N2O. The summed E-state index contributed by atoms with van der Waals surface area (Å²) < 4.78 is 6.12.